The fourth-order valence-corrected chi connectivity index (χ4v) is 5.37. The number of ether oxygens (including phenoxy) is 1. The summed E-state index contributed by atoms with van der Waals surface area (Å²) < 4.78 is 6.00. The second kappa shape index (κ2) is 13.0. The van der Waals surface area contributed by atoms with E-state index in [1.165, 1.54) is 6.42 Å². The van der Waals surface area contributed by atoms with Crippen LogP contribution in [-0.4, -0.2) is 49.1 Å². The Morgan fingerprint density at radius 3 is 2.43 bits per heavy atom. The van der Waals surface area contributed by atoms with E-state index in [2.05, 4.69) is 10.2 Å². The second-order valence-corrected chi connectivity index (χ2v) is 10.9. The van der Waals surface area contributed by atoms with Crippen LogP contribution in [0.2, 0.25) is 15.1 Å². The number of hydrogen-bond donors (Lipinski definition) is 1. The van der Waals surface area contributed by atoms with Crippen molar-refractivity contribution in [2.24, 2.45) is 0 Å². The molecule has 37 heavy (non-hydrogen) atoms. The lowest BCUT2D eigenvalue weighted by atomic mass is 9.95. The van der Waals surface area contributed by atoms with Crippen LogP contribution in [0.5, 0.6) is 5.75 Å². The van der Waals surface area contributed by atoms with E-state index < -0.39 is 0 Å². The zero-order valence-corrected chi connectivity index (χ0v) is 23.5. The monoisotopic (exact) mass is 559 g/mol. The van der Waals surface area contributed by atoms with Crippen molar-refractivity contribution in [3.8, 4) is 28.1 Å². The van der Waals surface area contributed by atoms with E-state index in [1.807, 2.05) is 32.3 Å². The van der Waals surface area contributed by atoms with Gasteiger partial charge in [0.15, 0.2) is 0 Å². The first-order valence-corrected chi connectivity index (χ1v) is 13.8. The highest BCUT2D eigenvalue weighted by atomic mass is 35.5. The number of nitrogens with one attached hydrogen (secondary N) is 1. The molecular formula is C29H32Cl3N3O2. The van der Waals surface area contributed by atoms with E-state index in [0.717, 1.165) is 49.8 Å². The molecule has 1 heterocycles. The number of carbonyl (C=O) groups is 1. The Labute approximate surface area is 234 Å². The molecule has 8 heteroatoms. The largest absolute Gasteiger partial charge is 0.492 e. The molecule has 1 aliphatic rings. The van der Waals surface area contributed by atoms with E-state index in [-0.39, 0.29) is 11.9 Å². The van der Waals surface area contributed by atoms with Crippen LogP contribution in [0.15, 0.2) is 48.5 Å². The summed E-state index contributed by atoms with van der Waals surface area (Å²) in [5.74, 6) is 0.382. The van der Waals surface area contributed by atoms with Crippen LogP contribution >= 0.6 is 34.8 Å². The van der Waals surface area contributed by atoms with Crippen LogP contribution in [0.3, 0.4) is 0 Å². The fraction of sp³-hybridized carbons (Fsp3) is 0.379. The van der Waals surface area contributed by atoms with Gasteiger partial charge in [-0.1, -0.05) is 66.2 Å². The van der Waals surface area contributed by atoms with Gasteiger partial charge in [0.25, 0.3) is 5.91 Å². The predicted octanol–water partition coefficient (Wildman–Crippen LogP) is 7.77. The highest BCUT2D eigenvalue weighted by Crippen LogP contribution is 2.41. The van der Waals surface area contributed by atoms with Crippen LogP contribution in [0, 0.1) is 0 Å². The number of carbonyl (C=O) groups excluding carboxylic acids is 1. The number of benzene rings is 2. The zero-order chi connectivity index (χ0) is 26.4. The Balaban J connectivity index is 1.72. The van der Waals surface area contributed by atoms with E-state index in [1.54, 1.807) is 30.3 Å². The molecule has 1 fully saturated rings. The molecule has 0 unspecified atom stereocenters. The van der Waals surface area contributed by atoms with Gasteiger partial charge >= 0.3 is 0 Å². The Bertz CT molecular complexity index is 1220. The number of aromatic nitrogens is 1. The molecule has 1 N–H and O–H groups in total. The fourth-order valence-electron chi connectivity index (χ4n) is 4.59. The molecule has 0 bridgehead atoms. The Morgan fingerprint density at radius 2 is 1.73 bits per heavy atom. The molecule has 0 spiro atoms. The number of pyridine rings is 1. The van der Waals surface area contributed by atoms with Gasteiger partial charge in [-0.05, 0) is 69.8 Å². The first-order chi connectivity index (χ1) is 17.8. The van der Waals surface area contributed by atoms with Gasteiger partial charge in [0.1, 0.15) is 11.4 Å². The number of rotatable bonds is 9. The summed E-state index contributed by atoms with van der Waals surface area (Å²) >= 11 is 19.6. The van der Waals surface area contributed by atoms with Gasteiger partial charge in [-0.15, -0.1) is 0 Å². The molecule has 5 nitrogen and oxygen atoms in total. The van der Waals surface area contributed by atoms with Gasteiger partial charge in [0.2, 0.25) is 0 Å². The zero-order valence-electron chi connectivity index (χ0n) is 21.2. The highest BCUT2D eigenvalue weighted by Gasteiger charge is 2.21. The summed E-state index contributed by atoms with van der Waals surface area (Å²) in [5, 5.41) is 4.68. The third kappa shape index (κ3) is 7.17. The first kappa shape index (κ1) is 27.7. The molecule has 1 aliphatic carbocycles. The van der Waals surface area contributed by atoms with Gasteiger partial charge in [-0.3, -0.25) is 4.79 Å². The predicted molar refractivity (Wildman–Crippen MR) is 153 cm³/mol. The van der Waals surface area contributed by atoms with Crippen molar-refractivity contribution < 1.29 is 9.53 Å². The highest BCUT2D eigenvalue weighted by molar-refractivity contribution is 6.39. The molecule has 3 aromatic rings. The maximum Gasteiger partial charge on any atom is 0.270 e. The average Bonchev–Trinajstić information content (AvgIpc) is 2.88. The van der Waals surface area contributed by atoms with Crippen molar-refractivity contribution in [2.75, 3.05) is 27.2 Å². The third-order valence-electron chi connectivity index (χ3n) is 6.51. The number of nitrogens with zero attached hydrogens (tertiary/aromatic N) is 2. The number of amides is 1. The minimum atomic E-state index is -0.181. The third-order valence-corrected chi connectivity index (χ3v) is 7.45. The Morgan fingerprint density at radius 1 is 1.00 bits per heavy atom. The lowest BCUT2D eigenvalue weighted by Gasteiger charge is -2.23. The minimum absolute atomic E-state index is 0.181. The van der Waals surface area contributed by atoms with Gasteiger partial charge < -0.3 is 15.0 Å². The molecule has 0 aliphatic heterocycles. The van der Waals surface area contributed by atoms with Gasteiger partial charge in [-0.2, -0.15) is 0 Å². The van der Waals surface area contributed by atoms with Gasteiger partial charge in [-0.25, -0.2) is 4.98 Å². The maximum absolute atomic E-state index is 13.2. The quantitative estimate of drug-likeness (QED) is 0.272. The molecule has 1 aromatic heterocycles. The minimum Gasteiger partial charge on any atom is -0.492 e. The Hall–Kier alpha value is -2.31. The summed E-state index contributed by atoms with van der Waals surface area (Å²) in [7, 11) is 4.05. The smallest absolute Gasteiger partial charge is 0.270 e. The van der Waals surface area contributed by atoms with Crippen molar-refractivity contribution in [1.82, 2.24) is 15.2 Å². The van der Waals surface area contributed by atoms with Crippen LogP contribution in [0.1, 0.15) is 49.0 Å². The number of hydrogen-bond acceptors (Lipinski definition) is 4. The Kier molecular flexibility index (Phi) is 9.71. The van der Waals surface area contributed by atoms with E-state index in [9.17, 15) is 4.79 Å². The van der Waals surface area contributed by atoms with Crippen molar-refractivity contribution in [3.05, 3.63) is 69.3 Å². The molecule has 4 rings (SSSR count). The molecule has 0 atom stereocenters. The van der Waals surface area contributed by atoms with Crippen molar-refractivity contribution in [2.45, 2.75) is 44.6 Å². The summed E-state index contributed by atoms with van der Waals surface area (Å²) in [4.78, 5) is 20.1. The first-order valence-electron chi connectivity index (χ1n) is 12.7. The molecule has 2 aromatic carbocycles. The standard InChI is InChI=1S/C29H32Cl3N3O2/c1-35(2)16-7-17-37-26-18-19(12-14-22(26)30)28-21(27-23(31)10-6-11-24(27)32)13-15-25(34-28)29(36)33-20-8-4-3-5-9-20/h6,10-15,18,20H,3-5,7-9,16-17H2,1-2H3,(H,33,36). The topological polar surface area (TPSA) is 54.5 Å². The summed E-state index contributed by atoms with van der Waals surface area (Å²) in [6, 6.07) is 14.7. The van der Waals surface area contributed by atoms with Crippen LogP contribution in [-0.2, 0) is 0 Å². The van der Waals surface area contributed by atoms with Gasteiger partial charge in [0.05, 0.1) is 17.3 Å². The maximum atomic E-state index is 13.2. The molecule has 1 saturated carbocycles. The summed E-state index contributed by atoms with van der Waals surface area (Å²) in [6.45, 7) is 1.44. The molecule has 1 amide bonds. The molecule has 196 valence electrons. The second-order valence-electron chi connectivity index (χ2n) is 9.65. The lowest BCUT2D eigenvalue weighted by Crippen LogP contribution is -2.36. The summed E-state index contributed by atoms with van der Waals surface area (Å²) in [5.41, 5.74) is 3.07. The molecular weight excluding hydrogens is 529 g/mol. The van der Waals surface area contributed by atoms with E-state index in [4.69, 9.17) is 44.5 Å². The summed E-state index contributed by atoms with van der Waals surface area (Å²) in [6.07, 6.45) is 6.35. The van der Waals surface area contributed by atoms with Crippen LogP contribution in [0.25, 0.3) is 22.4 Å². The molecule has 0 radical (unpaired) electrons. The number of halogens is 3. The molecule has 0 saturated heterocycles. The van der Waals surface area contributed by atoms with Crippen molar-refractivity contribution in [1.29, 1.82) is 0 Å². The van der Waals surface area contributed by atoms with E-state index >= 15 is 0 Å². The SMILES string of the molecule is CN(C)CCCOc1cc(-c2nc(C(=O)NC3CCCCC3)ccc2-c2c(Cl)cccc2Cl)ccc1Cl. The normalized spacial score (nSPS) is 14.1. The van der Waals surface area contributed by atoms with Crippen molar-refractivity contribution in [3.63, 3.8) is 0 Å². The van der Waals surface area contributed by atoms with Gasteiger partial charge in [0, 0.05) is 39.3 Å². The van der Waals surface area contributed by atoms with Crippen molar-refractivity contribution >= 4 is 40.7 Å². The lowest BCUT2D eigenvalue weighted by molar-refractivity contribution is 0.0923. The average molecular weight is 561 g/mol. The van der Waals surface area contributed by atoms with Crippen LogP contribution in [0.4, 0.5) is 0 Å². The van der Waals surface area contributed by atoms with Crippen LogP contribution < -0.4 is 10.1 Å². The van der Waals surface area contributed by atoms with E-state index in [0.29, 0.717) is 44.4 Å².